The molecule has 0 atom stereocenters. The molecule has 0 aliphatic heterocycles. The summed E-state index contributed by atoms with van der Waals surface area (Å²) in [6.07, 6.45) is 4.73. The van der Waals surface area contributed by atoms with Gasteiger partial charge in [0.1, 0.15) is 0 Å². The molecule has 0 aromatic carbocycles. The van der Waals surface area contributed by atoms with Crippen molar-refractivity contribution in [2.45, 2.75) is 32.1 Å². The summed E-state index contributed by atoms with van der Waals surface area (Å²) in [4.78, 5) is 21.2. The van der Waals surface area contributed by atoms with Crippen LogP contribution in [-0.2, 0) is 9.59 Å². The lowest BCUT2D eigenvalue weighted by atomic mass is 10.1. The number of hydrogen-bond donors (Lipinski definition) is 1. The number of rotatable bonds is 4. The van der Waals surface area contributed by atoms with E-state index in [1.807, 2.05) is 6.08 Å². The maximum atomic E-state index is 11.0. The van der Waals surface area contributed by atoms with Crippen molar-refractivity contribution in [3.8, 4) is 0 Å². The van der Waals surface area contributed by atoms with Crippen LogP contribution in [0.4, 0.5) is 0 Å². The largest absolute Gasteiger partial charge is 0.481 e. The predicted octanol–water partition coefficient (Wildman–Crippen LogP) is 1.53. The third-order valence-corrected chi connectivity index (χ3v) is 1.96. The summed E-state index contributed by atoms with van der Waals surface area (Å²) in [5.41, 5.74) is 0.830. The first-order chi connectivity index (χ1) is 5.70. The lowest BCUT2D eigenvalue weighted by Gasteiger charge is -1.97. The SMILES string of the molecule is O=C(O)CCCC1=CCCC1=O. The maximum Gasteiger partial charge on any atom is 0.303 e. The van der Waals surface area contributed by atoms with Crippen LogP contribution >= 0.6 is 0 Å². The zero-order valence-electron chi connectivity index (χ0n) is 6.88. The van der Waals surface area contributed by atoms with Crippen LogP contribution in [0.15, 0.2) is 11.6 Å². The Morgan fingerprint density at radius 2 is 2.33 bits per heavy atom. The molecular weight excluding hydrogens is 156 g/mol. The van der Waals surface area contributed by atoms with Crippen LogP contribution < -0.4 is 0 Å². The summed E-state index contributed by atoms with van der Waals surface area (Å²) < 4.78 is 0. The van der Waals surface area contributed by atoms with E-state index in [0.29, 0.717) is 19.3 Å². The molecule has 0 aromatic heterocycles. The Kier molecular flexibility index (Phi) is 3.02. The van der Waals surface area contributed by atoms with Crippen molar-refractivity contribution < 1.29 is 14.7 Å². The summed E-state index contributed by atoms with van der Waals surface area (Å²) in [7, 11) is 0. The molecule has 0 aromatic rings. The van der Waals surface area contributed by atoms with E-state index in [2.05, 4.69) is 0 Å². The number of ketones is 1. The highest BCUT2D eigenvalue weighted by Gasteiger charge is 2.14. The minimum atomic E-state index is -0.791. The number of carbonyl (C=O) groups excluding carboxylic acids is 1. The number of carboxylic acid groups (broad SMARTS) is 1. The minimum absolute atomic E-state index is 0.157. The molecule has 0 amide bonds. The topological polar surface area (TPSA) is 54.4 Å². The highest BCUT2D eigenvalue weighted by Crippen LogP contribution is 2.18. The second kappa shape index (κ2) is 4.04. The molecule has 3 heteroatoms. The molecule has 0 saturated heterocycles. The van der Waals surface area contributed by atoms with Gasteiger partial charge in [-0.05, 0) is 24.8 Å². The smallest absolute Gasteiger partial charge is 0.303 e. The quantitative estimate of drug-likeness (QED) is 0.692. The molecule has 1 rings (SSSR count). The fourth-order valence-corrected chi connectivity index (χ4v) is 1.32. The number of carboxylic acids is 1. The van der Waals surface area contributed by atoms with Gasteiger partial charge < -0.3 is 5.11 Å². The first-order valence-corrected chi connectivity index (χ1v) is 4.14. The molecule has 0 fully saturated rings. The molecule has 0 radical (unpaired) electrons. The minimum Gasteiger partial charge on any atom is -0.481 e. The van der Waals surface area contributed by atoms with Crippen LogP contribution in [0.5, 0.6) is 0 Å². The highest BCUT2D eigenvalue weighted by molar-refractivity contribution is 5.97. The Morgan fingerprint density at radius 3 is 2.83 bits per heavy atom. The van der Waals surface area contributed by atoms with Crippen molar-refractivity contribution in [3.05, 3.63) is 11.6 Å². The second-order valence-corrected chi connectivity index (χ2v) is 2.94. The van der Waals surface area contributed by atoms with E-state index in [9.17, 15) is 9.59 Å². The Balaban J connectivity index is 2.23. The summed E-state index contributed by atoms with van der Waals surface area (Å²) in [6.45, 7) is 0. The molecule has 3 nitrogen and oxygen atoms in total. The van der Waals surface area contributed by atoms with Gasteiger partial charge in [0.2, 0.25) is 0 Å². The maximum absolute atomic E-state index is 11.0. The zero-order valence-corrected chi connectivity index (χ0v) is 6.88. The van der Waals surface area contributed by atoms with Gasteiger partial charge in [-0.3, -0.25) is 9.59 Å². The van der Waals surface area contributed by atoms with Crippen molar-refractivity contribution in [2.24, 2.45) is 0 Å². The molecule has 0 spiro atoms. The lowest BCUT2D eigenvalue weighted by molar-refractivity contribution is -0.137. The van der Waals surface area contributed by atoms with Gasteiger partial charge in [-0.1, -0.05) is 6.08 Å². The van der Waals surface area contributed by atoms with Gasteiger partial charge in [-0.15, -0.1) is 0 Å². The highest BCUT2D eigenvalue weighted by atomic mass is 16.4. The standard InChI is InChI=1S/C9H12O3/c10-8-5-1-3-7(8)4-2-6-9(11)12/h3H,1-2,4-6H2,(H,11,12). The third-order valence-electron chi connectivity index (χ3n) is 1.96. The number of aliphatic carboxylic acids is 1. The van der Waals surface area contributed by atoms with E-state index in [-0.39, 0.29) is 12.2 Å². The first-order valence-electron chi connectivity index (χ1n) is 4.14. The summed E-state index contributed by atoms with van der Waals surface area (Å²) in [5.74, 6) is -0.596. The second-order valence-electron chi connectivity index (χ2n) is 2.94. The summed E-state index contributed by atoms with van der Waals surface area (Å²) in [6, 6.07) is 0. The molecule has 66 valence electrons. The average molecular weight is 168 g/mol. The molecule has 1 aliphatic carbocycles. The van der Waals surface area contributed by atoms with Crippen LogP contribution in [0.1, 0.15) is 32.1 Å². The van der Waals surface area contributed by atoms with Gasteiger partial charge in [0, 0.05) is 12.8 Å². The van der Waals surface area contributed by atoms with Crippen LogP contribution in [-0.4, -0.2) is 16.9 Å². The first kappa shape index (κ1) is 8.97. The molecule has 0 heterocycles. The van der Waals surface area contributed by atoms with Crippen molar-refractivity contribution in [1.82, 2.24) is 0 Å². The van der Waals surface area contributed by atoms with Gasteiger partial charge >= 0.3 is 5.97 Å². The third kappa shape index (κ3) is 2.49. The molecule has 0 unspecified atom stereocenters. The number of allylic oxidation sites excluding steroid dienone is 2. The van der Waals surface area contributed by atoms with Gasteiger partial charge in [0.25, 0.3) is 0 Å². The van der Waals surface area contributed by atoms with Gasteiger partial charge in [-0.2, -0.15) is 0 Å². The Morgan fingerprint density at radius 1 is 1.58 bits per heavy atom. The Bertz CT molecular complexity index is 228. The van der Waals surface area contributed by atoms with Crippen molar-refractivity contribution in [3.63, 3.8) is 0 Å². The average Bonchev–Trinajstić information content (AvgIpc) is 2.36. The molecule has 12 heavy (non-hydrogen) atoms. The number of hydrogen-bond acceptors (Lipinski definition) is 2. The van der Waals surface area contributed by atoms with Gasteiger partial charge in [-0.25, -0.2) is 0 Å². The van der Waals surface area contributed by atoms with Gasteiger partial charge in [0.05, 0.1) is 0 Å². The van der Waals surface area contributed by atoms with E-state index in [0.717, 1.165) is 12.0 Å². The predicted molar refractivity (Wildman–Crippen MR) is 43.8 cm³/mol. The lowest BCUT2D eigenvalue weighted by Crippen LogP contribution is -1.98. The Labute approximate surface area is 71.1 Å². The normalized spacial score (nSPS) is 16.3. The number of carbonyl (C=O) groups is 2. The molecule has 1 aliphatic rings. The molecule has 0 bridgehead atoms. The molecular formula is C9H12O3. The van der Waals surface area contributed by atoms with Crippen LogP contribution in [0.3, 0.4) is 0 Å². The van der Waals surface area contributed by atoms with E-state index >= 15 is 0 Å². The summed E-state index contributed by atoms with van der Waals surface area (Å²) >= 11 is 0. The fourth-order valence-electron chi connectivity index (χ4n) is 1.32. The molecule has 1 N–H and O–H groups in total. The van der Waals surface area contributed by atoms with E-state index in [1.54, 1.807) is 0 Å². The van der Waals surface area contributed by atoms with Crippen molar-refractivity contribution in [2.75, 3.05) is 0 Å². The zero-order chi connectivity index (χ0) is 8.97. The Hall–Kier alpha value is -1.12. The number of Topliss-reactive ketones (excluding diaryl/α,β-unsaturated/α-hetero) is 1. The summed E-state index contributed by atoms with van der Waals surface area (Å²) in [5, 5.41) is 8.35. The monoisotopic (exact) mass is 168 g/mol. The van der Waals surface area contributed by atoms with E-state index < -0.39 is 5.97 Å². The van der Waals surface area contributed by atoms with Crippen LogP contribution in [0.2, 0.25) is 0 Å². The molecule has 0 saturated carbocycles. The van der Waals surface area contributed by atoms with Crippen molar-refractivity contribution in [1.29, 1.82) is 0 Å². The van der Waals surface area contributed by atoms with E-state index in [1.165, 1.54) is 0 Å². The van der Waals surface area contributed by atoms with Crippen LogP contribution in [0.25, 0.3) is 0 Å². The van der Waals surface area contributed by atoms with Crippen molar-refractivity contribution >= 4 is 11.8 Å². The van der Waals surface area contributed by atoms with Crippen LogP contribution in [0, 0.1) is 0 Å². The van der Waals surface area contributed by atoms with Gasteiger partial charge in [0.15, 0.2) is 5.78 Å². The van der Waals surface area contributed by atoms with E-state index in [4.69, 9.17) is 5.11 Å². The fraction of sp³-hybridized carbons (Fsp3) is 0.556.